The molecule has 2 nitrogen and oxygen atoms in total. The molecule has 14 heavy (non-hydrogen) atoms. The number of hydrogen-bond acceptors (Lipinski definition) is 2. The Kier molecular flexibility index (Phi) is 1.79. The molecule has 0 amide bonds. The maximum atomic E-state index is 5.84. The largest absolute Gasteiger partial charge is 0.376 e. The predicted octanol–water partition coefficient (Wildman–Crippen LogP) is 2.04. The molecule has 1 aliphatic carbocycles. The number of hydrogen-bond donors (Lipinski definition) is 0. The van der Waals surface area contributed by atoms with Crippen molar-refractivity contribution in [1.82, 2.24) is 4.90 Å². The van der Waals surface area contributed by atoms with Gasteiger partial charge in [-0.3, -0.25) is 4.90 Å². The van der Waals surface area contributed by atoms with Crippen molar-refractivity contribution in [2.45, 2.75) is 50.2 Å². The molecule has 2 unspecified atom stereocenters. The first-order valence-corrected chi connectivity index (χ1v) is 6.03. The summed E-state index contributed by atoms with van der Waals surface area (Å²) < 4.78 is 5.84. The molecular formula is C12H21NO. The zero-order chi connectivity index (χ0) is 9.81. The Hall–Kier alpha value is -0.0800. The highest BCUT2D eigenvalue weighted by atomic mass is 16.5. The number of ether oxygens (including phenoxy) is 1. The summed E-state index contributed by atoms with van der Waals surface area (Å²) in [5.41, 5.74) is 0.704. The molecule has 2 atom stereocenters. The molecule has 1 saturated carbocycles. The molecule has 3 rings (SSSR count). The van der Waals surface area contributed by atoms with E-state index in [1.807, 2.05) is 7.11 Å². The molecule has 0 N–H and O–H groups in total. The van der Waals surface area contributed by atoms with Gasteiger partial charge in [0.1, 0.15) is 0 Å². The lowest BCUT2D eigenvalue weighted by atomic mass is 9.83. The molecule has 0 radical (unpaired) electrons. The lowest BCUT2D eigenvalue weighted by Gasteiger charge is -2.39. The van der Waals surface area contributed by atoms with Crippen LogP contribution in [0, 0.1) is 5.92 Å². The van der Waals surface area contributed by atoms with E-state index in [9.17, 15) is 0 Å². The summed E-state index contributed by atoms with van der Waals surface area (Å²) in [6.07, 6.45) is 6.74. The third-order valence-corrected chi connectivity index (χ3v) is 4.78. The molecule has 0 aromatic rings. The standard InChI is InChI=1S/C12H21NO/c1-10-8-11(12(14-2)5-6-12)4-3-7-13(11)9-10/h10H,3-9H2,1-2H3. The van der Waals surface area contributed by atoms with Crippen LogP contribution < -0.4 is 0 Å². The number of nitrogens with zero attached hydrogens (tertiary/aromatic N) is 1. The maximum Gasteiger partial charge on any atom is 0.0863 e. The summed E-state index contributed by atoms with van der Waals surface area (Å²) in [4.78, 5) is 2.73. The van der Waals surface area contributed by atoms with E-state index in [0.717, 1.165) is 5.92 Å². The van der Waals surface area contributed by atoms with Crippen molar-refractivity contribution in [2.75, 3.05) is 20.2 Å². The fourth-order valence-electron chi connectivity index (χ4n) is 4.12. The fourth-order valence-corrected chi connectivity index (χ4v) is 4.12. The number of fused-ring (bicyclic) bond motifs is 1. The van der Waals surface area contributed by atoms with E-state index in [-0.39, 0.29) is 5.60 Å². The first kappa shape index (κ1) is 9.17. The van der Waals surface area contributed by atoms with Crippen LogP contribution in [0.15, 0.2) is 0 Å². The van der Waals surface area contributed by atoms with E-state index >= 15 is 0 Å². The number of rotatable bonds is 2. The predicted molar refractivity (Wildman–Crippen MR) is 56.3 cm³/mol. The lowest BCUT2D eigenvalue weighted by molar-refractivity contribution is -0.0380. The molecule has 2 aliphatic heterocycles. The van der Waals surface area contributed by atoms with Crippen LogP contribution in [-0.4, -0.2) is 36.2 Å². The maximum absolute atomic E-state index is 5.84. The molecule has 2 heteroatoms. The van der Waals surface area contributed by atoms with Crippen molar-refractivity contribution in [2.24, 2.45) is 5.92 Å². The van der Waals surface area contributed by atoms with Gasteiger partial charge in [-0.15, -0.1) is 0 Å². The summed E-state index contributed by atoms with van der Waals surface area (Å²) in [5, 5.41) is 0. The normalized spacial score (nSPS) is 45.4. The van der Waals surface area contributed by atoms with Gasteiger partial charge in [0.2, 0.25) is 0 Å². The third-order valence-electron chi connectivity index (χ3n) is 4.78. The minimum absolute atomic E-state index is 0.258. The minimum Gasteiger partial charge on any atom is -0.376 e. The van der Waals surface area contributed by atoms with Crippen molar-refractivity contribution in [3.8, 4) is 0 Å². The van der Waals surface area contributed by atoms with Crippen LogP contribution in [-0.2, 0) is 4.74 Å². The van der Waals surface area contributed by atoms with Crippen molar-refractivity contribution in [3.05, 3.63) is 0 Å². The van der Waals surface area contributed by atoms with Gasteiger partial charge in [0.05, 0.1) is 11.1 Å². The van der Waals surface area contributed by atoms with E-state index in [1.165, 1.54) is 45.2 Å². The third kappa shape index (κ3) is 0.938. The van der Waals surface area contributed by atoms with Crippen LogP contribution in [0.4, 0.5) is 0 Å². The highest BCUT2D eigenvalue weighted by Gasteiger charge is 2.65. The lowest BCUT2D eigenvalue weighted by Crippen LogP contribution is -2.51. The van der Waals surface area contributed by atoms with E-state index in [1.54, 1.807) is 0 Å². The van der Waals surface area contributed by atoms with E-state index in [0.29, 0.717) is 5.54 Å². The molecular weight excluding hydrogens is 174 g/mol. The summed E-state index contributed by atoms with van der Waals surface area (Å²) in [6, 6.07) is 0. The minimum atomic E-state index is 0.258. The zero-order valence-corrected chi connectivity index (χ0v) is 9.38. The Morgan fingerprint density at radius 3 is 2.71 bits per heavy atom. The first-order chi connectivity index (χ1) is 6.72. The smallest absolute Gasteiger partial charge is 0.0863 e. The second kappa shape index (κ2) is 2.73. The second-order valence-corrected chi connectivity index (χ2v) is 5.59. The van der Waals surface area contributed by atoms with Crippen LogP contribution in [0.5, 0.6) is 0 Å². The van der Waals surface area contributed by atoms with E-state index in [4.69, 9.17) is 4.74 Å². The summed E-state index contributed by atoms with van der Waals surface area (Å²) >= 11 is 0. The molecule has 2 heterocycles. The average molecular weight is 195 g/mol. The highest BCUT2D eigenvalue weighted by molar-refractivity contribution is 5.21. The van der Waals surface area contributed by atoms with Crippen LogP contribution in [0.2, 0.25) is 0 Å². The van der Waals surface area contributed by atoms with Crippen LogP contribution in [0.25, 0.3) is 0 Å². The van der Waals surface area contributed by atoms with Crippen molar-refractivity contribution in [1.29, 1.82) is 0 Å². The van der Waals surface area contributed by atoms with E-state index < -0.39 is 0 Å². The van der Waals surface area contributed by atoms with Gasteiger partial charge < -0.3 is 4.74 Å². The van der Waals surface area contributed by atoms with Gasteiger partial charge in [0.25, 0.3) is 0 Å². The van der Waals surface area contributed by atoms with E-state index in [2.05, 4.69) is 11.8 Å². The Labute approximate surface area is 86.6 Å². The Bertz CT molecular complexity index is 249. The van der Waals surface area contributed by atoms with Gasteiger partial charge >= 0.3 is 0 Å². The van der Waals surface area contributed by atoms with Gasteiger partial charge in [-0.05, 0) is 44.6 Å². The first-order valence-electron chi connectivity index (χ1n) is 6.03. The van der Waals surface area contributed by atoms with Crippen LogP contribution in [0.3, 0.4) is 0 Å². The Morgan fingerprint density at radius 1 is 1.29 bits per heavy atom. The molecule has 2 saturated heterocycles. The van der Waals surface area contributed by atoms with Crippen LogP contribution >= 0.6 is 0 Å². The van der Waals surface area contributed by atoms with Gasteiger partial charge in [0.15, 0.2) is 0 Å². The summed E-state index contributed by atoms with van der Waals surface area (Å²) in [7, 11) is 1.92. The van der Waals surface area contributed by atoms with Crippen molar-refractivity contribution in [3.63, 3.8) is 0 Å². The van der Waals surface area contributed by atoms with Gasteiger partial charge in [0, 0.05) is 13.7 Å². The summed E-state index contributed by atoms with van der Waals surface area (Å²) in [5.74, 6) is 0.878. The Balaban J connectivity index is 1.93. The zero-order valence-electron chi connectivity index (χ0n) is 9.38. The topological polar surface area (TPSA) is 12.5 Å². The molecule has 0 aromatic heterocycles. The fraction of sp³-hybridized carbons (Fsp3) is 1.00. The molecule has 3 aliphatic rings. The molecule has 0 aromatic carbocycles. The Morgan fingerprint density at radius 2 is 2.07 bits per heavy atom. The molecule has 80 valence electrons. The molecule has 0 bridgehead atoms. The van der Waals surface area contributed by atoms with Crippen molar-refractivity contribution < 1.29 is 4.74 Å². The SMILES string of the molecule is COC1(C23CCCN2CC(C)C3)CC1. The highest BCUT2D eigenvalue weighted by Crippen LogP contribution is 2.59. The molecule has 3 fully saturated rings. The quantitative estimate of drug-likeness (QED) is 0.668. The van der Waals surface area contributed by atoms with Gasteiger partial charge in [-0.1, -0.05) is 6.92 Å². The average Bonchev–Trinajstić information content (AvgIpc) is 2.77. The van der Waals surface area contributed by atoms with Crippen LogP contribution in [0.1, 0.15) is 39.0 Å². The second-order valence-electron chi connectivity index (χ2n) is 5.59. The van der Waals surface area contributed by atoms with Crippen molar-refractivity contribution >= 4 is 0 Å². The number of methoxy groups -OCH3 is 1. The monoisotopic (exact) mass is 195 g/mol. The van der Waals surface area contributed by atoms with Gasteiger partial charge in [-0.2, -0.15) is 0 Å². The summed E-state index contributed by atoms with van der Waals surface area (Å²) in [6.45, 7) is 5.02. The van der Waals surface area contributed by atoms with Gasteiger partial charge in [-0.25, -0.2) is 0 Å². The molecule has 0 spiro atoms.